The Morgan fingerprint density at radius 1 is 1.50 bits per heavy atom. The molecule has 1 heterocycles. The second-order valence-electron chi connectivity index (χ2n) is 3.54. The van der Waals surface area contributed by atoms with Crippen LogP contribution in [0.1, 0.15) is 12.8 Å². The third kappa shape index (κ3) is 3.51. The van der Waals surface area contributed by atoms with Crippen LogP contribution < -0.4 is 4.72 Å². The lowest BCUT2D eigenvalue weighted by Gasteiger charge is -2.29. The second kappa shape index (κ2) is 3.72. The molecule has 1 rings (SSSR count). The van der Waals surface area contributed by atoms with Gasteiger partial charge in [0.05, 0.1) is 0 Å². The van der Waals surface area contributed by atoms with Crippen LogP contribution in [0.4, 0.5) is 0 Å². The van der Waals surface area contributed by atoms with E-state index >= 15 is 0 Å². The summed E-state index contributed by atoms with van der Waals surface area (Å²) >= 11 is 0. The summed E-state index contributed by atoms with van der Waals surface area (Å²) in [6.45, 7) is 2.07. The lowest BCUT2D eigenvalue weighted by Crippen LogP contribution is -2.42. The largest absolute Gasteiger partial charge is 0.306 e. The maximum Gasteiger partial charge on any atom is 0.102 e. The summed E-state index contributed by atoms with van der Waals surface area (Å²) < 4.78 is 21.1. The second-order valence-corrected chi connectivity index (χ2v) is 5.46. The van der Waals surface area contributed by atoms with Gasteiger partial charge in [0.1, 0.15) is 9.92 Å². The molecule has 1 unspecified atom stereocenters. The summed E-state index contributed by atoms with van der Waals surface area (Å²) in [5.41, 5.74) is 0. The lowest BCUT2D eigenvalue weighted by molar-refractivity contribution is 0.249. The number of nitrogens with zero attached hydrogens (tertiary/aromatic N) is 1. The van der Waals surface area contributed by atoms with Crippen LogP contribution in [0, 0.1) is 4.78 Å². The first-order chi connectivity index (χ1) is 5.47. The van der Waals surface area contributed by atoms with Crippen LogP contribution in [0.15, 0.2) is 0 Å². The molecule has 0 aliphatic carbocycles. The number of rotatable bonds is 2. The molecule has 4 nitrogen and oxygen atoms in total. The van der Waals surface area contributed by atoms with Crippen molar-refractivity contribution in [2.75, 3.05) is 26.4 Å². The van der Waals surface area contributed by atoms with Gasteiger partial charge in [-0.1, -0.05) is 0 Å². The minimum absolute atomic E-state index is 0.274. The fraction of sp³-hybridized carbons (Fsp3) is 1.00. The van der Waals surface area contributed by atoms with Crippen molar-refractivity contribution >= 4 is 9.92 Å². The van der Waals surface area contributed by atoms with E-state index in [2.05, 4.69) is 16.7 Å². The van der Waals surface area contributed by atoms with Gasteiger partial charge in [0.15, 0.2) is 0 Å². The normalized spacial score (nSPS) is 26.8. The minimum atomic E-state index is -2.51. The molecule has 0 saturated carbocycles. The van der Waals surface area contributed by atoms with E-state index in [0.29, 0.717) is 0 Å². The van der Waals surface area contributed by atoms with Crippen molar-refractivity contribution in [3.05, 3.63) is 0 Å². The van der Waals surface area contributed by atoms with Gasteiger partial charge in [0, 0.05) is 12.3 Å². The topological polar surface area (TPSA) is 56.2 Å². The predicted octanol–water partition coefficient (Wildman–Crippen LogP) is 0.262. The maximum atomic E-state index is 11.1. The van der Waals surface area contributed by atoms with Crippen molar-refractivity contribution in [1.29, 1.82) is 4.78 Å². The van der Waals surface area contributed by atoms with Gasteiger partial charge in [-0.2, -0.15) is 0 Å². The van der Waals surface area contributed by atoms with Gasteiger partial charge in [-0.15, -0.1) is 0 Å². The van der Waals surface area contributed by atoms with Crippen molar-refractivity contribution in [3.63, 3.8) is 0 Å². The Bertz CT molecular complexity index is 229. The van der Waals surface area contributed by atoms with E-state index < -0.39 is 9.92 Å². The first kappa shape index (κ1) is 9.95. The SMILES string of the molecule is CN1CCC(NS(C)(=N)=O)CC1. The summed E-state index contributed by atoms with van der Waals surface area (Å²) in [5, 5.41) is 0. The molecule has 0 bridgehead atoms. The van der Waals surface area contributed by atoms with Crippen molar-refractivity contribution < 1.29 is 4.21 Å². The van der Waals surface area contributed by atoms with Crippen molar-refractivity contribution in [2.45, 2.75) is 18.9 Å². The monoisotopic (exact) mass is 191 g/mol. The molecule has 1 fully saturated rings. The Hall–Kier alpha value is -0.130. The summed E-state index contributed by atoms with van der Waals surface area (Å²) in [5.74, 6) is 0. The Labute approximate surface area is 74.4 Å². The van der Waals surface area contributed by atoms with E-state index in [9.17, 15) is 4.21 Å². The van der Waals surface area contributed by atoms with E-state index in [1.807, 2.05) is 0 Å². The van der Waals surface area contributed by atoms with Crippen LogP contribution >= 0.6 is 0 Å². The van der Waals surface area contributed by atoms with E-state index in [4.69, 9.17) is 4.78 Å². The fourth-order valence-electron chi connectivity index (χ4n) is 1.44. The summed E-state index contributed by atoms with van der Waals surface area (Å²) in [6.07, 6.45) is 3.44. The van der Waals surface area contributed by atoms with E-state index in [-0.39, 0.29) is 6.04 Å². The Balaban J connectivity index is 2.36. The van der Waals surface area contributed by atoms with Crippen LogP contribution in [0.5, 0.6) is 0 Å². The molecule has 1 atom stereocenters. The number of hydrogen-bond donors (Lipinski definition) is 2. The van der Waals surface area contributed by atoms with Crippen molar-refractivity contribution in [2.24, 2.45) is 0 Å². The van der Waals surface area contributed by atoms with Crippen LogP contribution in [-0.2, 0) is 9.92 Å². The molecule has 0 aromatic carbocycles. The van der Waals surface area contributed by atoms with E-state index in [0.717, 1.165) is 25.9 Å². The molecule has 1 aliphatic heterocycles. The van der Waals surface area contributed by atoms with Gasteiger partial charge >= 0.3 is 0 Å². The molecular weight excluding hydrogens is 174 g/mol. The van der Waals surface area contributed by atoms with Gasteiger partial charge in [0.2, 0.25) is 0 Å². The summed E-state index contributed by atoms with van der Waals surface area (Å²) in [4.78, 5) is 2.25. The molecule has 2 N–H and O–H groups in total. The third-order valence-corrected chi connectivity index (χ3v) is 2.89. The maximum absolute atomic E-state index is 11.1. The molecule has 0 radical (unpaired) electrons. The molecule has 0 amide bonds. The molecule has 72 valence electrons. The van der Waals surface area contributed by atoms with Gasteiger partial charge in [-0.05, 0) is 33.0 Å². The quantitative estimate of drug-likeness (QED) is 0.658. The Morgan fingerprint density at radius 2 is 2.00 bits per heavy atom. The molecule has 12 heavy (non-hydrogen) atoms. The minimum Gasteiger partial charge on any atom is -0.306 e. The highest BCUT2D eigenvalue weighted by Crippen LogP contribution is 2.08. The lowest BCUT2D eigenvalue weighted by atomic mass is 10.1. The zero-order valence-electron chi connectivity index (χ0n) is 7.67. The molecule has 0 aromatic rings. The van der Waals surface area contributed by atoms with Crippen molar-refractivity contribution in [1.82, 2.24) is 9.62 Å². The smallest absolute Gasteiger partial charge is 0.102 e. The molecule has 5 heteroatoms. The zero-order chi connectivity index (χ0) is 9.19. The average molecular weight is 191 g/mol. The highest BCUT2D eigenvalue weighted by Gasteiger charge is 2.17. The molecular formula is C7H17N3OS. The van der Waals surface area contributed by atoms with Crippen LogP contribution in [0.2, 0.25) is 0 Å². The highest BCUT2D eigenvalue weighted by atomic mass is 32.2. The van der Waals surface area contributed by atoms with Crippen LogP contribution in [-0.4, -0.2) is 41.5 Å². The summed E-state index contributed by atoms with van der Waals surface area (Å²) in [6, 6.07) is 0.274. The predicted molar refractivity (Wildman–Crippen MR) is 50.4 cm³/mol. The highest BCUT2D eigenvalue weighted by molar-refractivity contribution is 7.89. The van der Waals surface area contributed by atoms with E-state index in [1.165, 1.54) is 6.26 Å². The summed E-state index contributed by atoms with van der Waals surface area (Å²) in [7, 11) is -0.426. The number of nitrogens with one attached hydrogen (secondary N) is 2. The first-order valence-corrected chi connectivity index (χ1v) is 6.13. The number of piperidine rings is 1. The fourth-order valence-corrected chi connectivity index (χ4v) is 2.32. The van der Waals surface area contributed by atoms with Gasteiger partial charge in [0.25, 0.3) is 0 Å². The molecule has 0 aromatic heterocycles. The third-order valence-electron chi connectivity index (χ3n) is 2.11. The first-order valence-electron chi connectivity index (χ1n) is 4.17. The molecule has 0 spiro atoms. The van der Waals surface area contributed by atoms with Crippen molar-refractivity contribution in [3.8, 4) is 0 Å². The average Bonchev–Trinajstić information content (AvgIpc) is 1.91. The molecule has 1 saturated heterocycles. The standard InChI is InChI=1S/C7H17N3OS/c1-10-5-3-7(4-6-10)9-12(2,8)11/h7H,3-6H2,1-2H3,(H2,8,9,11). The Morgan fingerprint density at radius 3 is 2.42 bits per heavy atom. The molecule has 1 aliphatic rings. The number of hydrogen-bond acceptors (Lipinski definition) is 3. The van der Waals surface area contributed by atoms with Gasteiger partial charge in [-0.3, -0.25) is 0 Å². The van der Waals surface area contributed by atoms with E-state index in [1.54, 1.807) is 0 Å². The van der Waals surface area contributed by atoms with Crippen LogP contribution in [0.3, 0.4) is 0 Å². The Kier molecular flexibility index (Phi) is 3.09. The number of likely N-dealkylation sites (tertiary alicyclic amines) is 1. The van der Waals surface area contributed by atoms with Gasteiger partial charge in [-0.25, -0.2) is 13.7 Å². The van der Waals surface area contributed by atoms with Gasteiger partial charge < -0.3 is 4.90 Å². The van der Waals surface area contributed by atoms with Crippen LogP contribution in [0.25, 0.3) is 0 Å². The zero-order valence-corrected chi connectivity index (χ0v) is 8.49.